The number of amides is 2. The lowest BCUT2D eigenvalue weighted by Crippen LogP contribution is -2.27. The van der Waals surface area contributed by atoms with E-state index in [1.165, 1.54) is 36.4 Å². The monoisotopic (exact) mass is 441 g/mol. The number of halogens is 3. The zero-order chi connectivity index (χ0) is 18.1. The number of hydrogen-bond donors (Lipinski definition) is 1. The Kier molecular flexibility index (Phi) is 5.17. The van der Waals surface area contributed by atoms with Crippen molar-refractivity contribution in [1.82, 2.24) is 4.90 Å². The predicted molar refractivity (Wildman–Crippen MR) is 98.7 cm³/mol. The summed E-state index contributed by atoms with van der Waals surface area (Å²) in [5, 5.41) is 9.38. The van der Waals surface area contributed by atoms with Gasteiger partial charge < -0.3 is 5.11 Å². The number of hydrogen-bond acceptors (Lipinski definition) is 4. The molecule has 0 atom stereocenters. The number of imide groups is 1. The van der Waals surface area contributed by atoms with Gasteiger partial charge in [-0.3, -0.25) is 14.5 Å². The first kappa shape index (κ1) is 18.0. The van der Waals surface area contributed by atoms with Crippen molar-refractivity contribution in [2.75, 3.05) is 0 Å². The minimum Gasteiger partial charge on any atom is -0.505 e. The van der Waals surface area contributed by atoms with Gasteiger partial charge in [0, 0.05) is 0 Å². The van der Waals surface area contributed by atoms with Crippen molar-refractivity contribution < 1.29 is 19.1 Å². The van der Waals surface area contributed by atoms with Crippen LogP contribution in [0.5, 0.6) is 5.75 Å². The van der Waals surface area contributed by atoms with Crippen molar-refractivity contribution in [3.05, 3.63) is 67.7 Å². The van der Waals surface area contributed by atoms with Gasteiger partial charge in [0.05, 0.1) is 20.9 Å². The molecule has 1 aliphatic heterocycles. The highest BCUT2D eigenvalue weighted by atomic mass is 79.9. The van der Waals surface area contributed by atoms with Crippen LogP contribution in [0.2, 0.25) is 5.02 Å². The van der Waals surface area contributed by atoms with Crippen molar-refractivity contribution in [3.63, 3.8) is 0 Å². The van der Waals surface area contributed by atoms with Crippen molar-refractivity contribution in [1.29, 1.82) is 0 Å². The lowest BCUT2D eigenvalue weighted by molar-refractivity contribution is -0.123. The van der Waals surface area contributed by atoms with E-state index in [0.29, 0.717) is 15.6 Å². The van der Waals surface area contributed by atoms with Crippen LogP contribution in [0.15, 0.2) is 45.8 Å². The maximum atomic E-state index is 13.0. The Balaban J connectivity index is 1.84. The van der Waals surface area contributed by atoms with Gasteiger partial charge in [-0.25, -0.2) is 4.39 Å². The van der Waals surface area contributed by atoms with E-state index in [0.717, 1.165) is 16.7 Å². The van der Waals surface area contributed by atoms with E-state index >= 15 is 0 Å². The van der Waals surface area contributed by atoms with Crippen LogP contribution < -0.4 is 0 Å². The number of rotatable bonds is 3. The second-order valence-electron chi connectivity index (χ2n) is 5.23. The molecule has 25 heavy (non-hydrogen) atoms. The molecule has 0 saturated carbocycles. The van der Waals surface area contributed by atoms with Gasteiger partial charge in [0.25, 0.3) is 11.1 Å². The molecule has 1 fully saturated rings. The Morgan fingerprint density at radius 3 is 2.56 bits per heavy atom. The van der Waals surface area contributed by atoms with E-state index in [2.05, 4.69) is 15.9 Å². The first-order valence-electron chi connectivity index (χ1n) is 7.03. The highest BCUT2D eigenvalue weighted by Gasteiger charge is 2.35. The topological polar surface area (TPSA) is 57.6 Å². The van der Waals surface area contributed by atoms with E-state index < -0.39 is 11.1 Å². The van der Waals surface area contributed by atoms with E-state index in [9.17, 15) is 19.1 Å². The van der Waals surface area contributed by atoms with Gasteiger partial charge in [0.2, 0.25) is 0 Å². The number of thioether (sulfide) groups is 1. The quantitative estimate of drug-likeness (QED) is 0.665. The van der Waals surface area contributed by atoms with Crippen LogP contribution in [-0.2, 0) is 11.3 Å². The van der Waals surface area contributed by atoms with E-state index in [-0.39, 0.29) is 28.0 Å². The summed E-state index contributed by atoms with van der Waals surface area (Å²) in [4.78, 5) is 25.9. The van der Waals surface area contributed by atoms with Crippen LogP contribution in [0.25, 0.3) is 6.08 Å². The SMILES string of the molecule is O=C1S/C(=C/c2cc(Cl)c(O)c(Br)c2)C(=O)N1Cc1ccc(F)cc1. The molecule has 2 aromatic carbocycles. The van der Waals surface area contributed by atoms with Crippen LogP contribution in [0.4, 0.5) is 9.18 Å². The molecule has 128 valence electrons. The molecule has 2 aromatic rings. The number of aromatic hydroxyl groups is 1. The third kappa shape index (κ3) is 3.89. The summed E-state index contributed by atoms with van der Waals surface area (Å²) in [5.41, 5.74) is 1.22. The fourth-order valence-electron chi connectivity index (χ4n) is 2.23. The van der Waals surface area contributed by atoms with Crippen LogP contribution in [0, 0.1) is 5.82 Å². The number of benzene rings is 2. The maximum absolute atomic E-state index is 13.0. The molecule has 3 rings (SSSR count). The summed E-state index contributed by atoms with van der Waals surface area (Å²) in [6.07, 6.45) is 1.53. The van der Waals surface area contributed by atoms with E-state index in [4.69, 9.17) is 11.6 Å². The molecular formula is C17H10BrClFNO3S. The molecular weight excluding hydrogens is 433 g/mol. The number of phenols is 1. The number of carbonyl (C=O) groups is 2. The predicted octanol–water partition coefficient (Wildman–Crippen LogP) is 5.18. The first-order valence-corrected chi connectivity index (χ1v) is 9.01. The molecule has 2 amide bonds. The second kappa shape index (κ2) is 7.19. The van der Waals surface area contributed by atoms with Crippen molar-refractivity contribution in [2.45, 2.75) is 6.54 Å². The third-order valence-corrected chi connectivity index (χ3v) is 5.26. The average Bonchev–Trinajstić information content (AvgIpc) is 2.82. The van der Waals surface area contributed by atoms with E-state index in [1.807, 2.05) is 0 Å². The number of nitrogens with zero attached hydrogens (tertiary/aromatic N) is 1. The number of phenolic OH excluding ortho intramolecular Hbond substituents is 1. The minimum atomic E-state index is -0.431. The Morgan fingerprint density at radius 1 is 1.24 bits per heavy atom. The zero-order valence-corrected chi connectivity index (χ0v) is 15.7. The molecule has 0 bridgehead atoms. The Labute approximate surface area is 160 Å². The molecule has 0 radical (unpaired) electrons. The standard InChI is InChI=1S/C17H10BrClFNO3S/c18-12-5-10(6-13(19)15(12)22)7-14-16(23)21(17(24)25-14)8-9-1-3-11(20)4-2-9/h1-7,22H,8H2/b14-7+. The Morgan fingerprint density at radius 2 is 1.92 bits per heavy atom. The molecule has 4 nitrogen and oxygen atoms in total. The maximum Gasteiger partial charge on any atom is 0.293 e. The van der Waals surface area contributed by atoms with Gasteiger partial charge >= 0.3 is 0 Å². The fourth-order valence-corrected chi connectivity index (χ4v) is 3.89. The Hall–Kier alpha value is -1.83. The lowest BCUT2D eigenvalue weighted by Gasteiger charge is -2.12. The summed E-state index contributed by atoms with van der Waals surface area (Å²) in [5.74, 6) is -0.907. The Bertz CT molecular complexity index is 878. The highest BCUT2D eigenvalue weighted by molar-refractivity contribution is 9.10. The van der Waals surface area contributed by atoms with E-state index in [1.54, 1.807) is 6.07 Å². The second-order valence-corrected chi connectivity index (χ2v) is 7.48. The van der Waals surface area contributed by atoms with Crippen molar-refractivity contribution >= 4 is 56.5 Å². The van der Waals surface area contributed by atoms with Crippen molar-refractivity contribution in [3.8, 4) is 5.75 Å². The molecule has 0 spiro atoms. The van der Waals surface area contributed by atoms with Crippen LogP contribution in [-0.4, -0.2) is 21.2 Å². The van der Waals surface area contributed by atoms with Gasteiger partial charge in [0.15, 0.2) is 0 Å². The fraction of sp³-hybridized carbons (Fsp3) is 0.0588. The summed E-state index contributed by atoms with van der Waals surface area (Å²) in [6, 6.07) is 8.70. The summed E-state index contributed by atoms with van der Waals surface area (Å²) < 4.78 is 13.3. The van der Waals surface area contributed by atoms with Gasteiger partial charge in [-0.1, -0.05) is 23.7 Å². The van der Waals surface area contributed by atoms with Gasteiger partial charge in [-0.15, -0.1) is 0 Å². The van der Waals surface area contributed by atoms with Gasteiger partial charge in [-0.2, -0.15) is 0 Å². The minimum absolute atomic E-state index is 0.0717. The molecule has 1 N–H and O–H groups in total. The van der Waals surface area contributed by atoms with Gasteiger partial charge in [-0.05, 0) is 69.2 Å². The molecule has 1 heterocycles. The van der Waals surface area contributed by atoms with Gasteiger partial charge in [0.1, 0.15) is 11.6 Å². The van der Waals surface area contributed by atoms with Crippen LogP contribution >= 0.6 is 39.3 Å². The highest BCUT2D eigenvalue weighted by Crippen LogP contribution is 2.37. The van der Waals surface area contributed by atoms with Crippen LogP contribution in [0.3, 0.4) is 0 Å². The smallest absolute Gasteiger partial charge is 0.293 e. The normalized spacial score (nSPS) is 16.1. The molecule has 1 saturated heterocycles. The summed E-state index contributed by atoms with van der Waals surface area (Å²) in [7, 11) is 0. The number of carbonyl (C=O) groups excluding carboxylic acids is 2. The lowest BCUT2D eigenvalue weighted by atomic mass is 10.2. The van der Waals surface area contributed by atoms with Crippen LogP contribution in [0.1, 0.15) is 11.1 Å². The first-order chi connectivity index (χ1) is 11.8. The zero-order valence-electron chi connectivity index (χ0n) is 12.5. The largest absolute Gasteiger partial charge is 0.505 e. The molecule has 8 heteroatoms. The third-order valence-electron chi connectivity index (χ3n) is 3.46. The molecule has 0 unspecified atom stereocenters. The summed E-state index contributed by atoms with van der Waals surface area (Å²) >= 11 is 9.90. The van der Waals surface area contributed by atoms with Crippen molar-refractivity contribution in [2.24, 2.45) is 0 Å². The average molecular weight is 443 g/mol. The molecule has 0 aliphatic carbocycles. The summed E-state index contributed by atoms with van der Waals surface area (Å²) in [6.45, 7) is 0.0717. The molecule has 1 aliphatic rings. The molecule has 0 aromatic heterocycles.